The van der Waals surface area contributed by atoms with Crippen LogP contribution in [0.5, 0.6) is 0 Å². The molecule has 0 aliphatic rings. The van der Waals surface area contributed by atoms with Gasteiger partial charge in [-0.05, 0) is 12.1 Å². The lowest BCUT2D eigenvalue weighted by atomic mass is 10.0. The quantitative estimate of drug-likeness (QED) is 0.617. The number of hydrogen-bond acceptors (Lipinski definition) is 1. The van der Waals surface area contributed by atoms with Crippen molar-refractivity contribution >= 4 is 12.6 Å². The van der Waals surface area contributed by atoms with Crippen molar-refractivity contribution in [3.05, 3.63) is 29.8 Å². The summed E-state index contributed by atoms with van der Waals surface area (Å²) in [7, 11) is 0. The van der Waals surface area contributed by atoms with Gasteiger partial charge in [0, 0.05) is 10.5 Å². The maximum Gasteiger partial charge on any atom is 0.373 e. The van der Waals surface area contributed by atoms with Gasteiger partial charge in [0.25, 0.3) is 0 Å². The van der Waals surface area contributed by atoms with Gasteiger partial charge in [-0.1, -0.05) is 12.1 Å². The number of benzene rings is 1. The van der Waals surface area contributed by atoms with E-state index in [0.29, 0.717) is 12.1 Å². The smallest absolute Gasteiger partial charge is 0.203 e. The highest BCUT2D eigenvalue weighted by Crippen LogP contribution is 2.46. The standard InChI is InChI=1S/C9H6F6S/c10-7(11)9(14,15)8(12,13)5-1-3-6(16)4-2-5/h1-4,7,16H. The number of hydrogen-bond donors (Lipinski definition) is 1. The van der Waals surface area contributed by atoms with Crippen LogP contribution in [-0.4, -0.2) is 12.3 Å². The highest BCUT2D eigenvalue weighted by Gasteiger charge is 2.63. The Hall–Kier alpha value is -0.850. The van der Waals surface area contributed by atoms with E-state index in [2.05, 4.69) is 12.6 Å². The van der Waals surface area contributed by atoms with Crippen molar-refractivity contribution < 1.29 is 26.3 Å². The van der Waals surface area contributed by atoms with E-state index in [0.717, 1.165) is 12.1 Å². The van der Waals surface area contributed by atoms with Gasteiger partial charge in [-0.3, -0.25) is 0 Å². The van der Waals surface area contributed by atoms with Gasteiger partial charge < -0.3 is 0 Å². The predicted molar refractivity (Wildman–Crippen MR) is 48.5 cm³/mol. The lowest BCUT2D eigenvalue weighted by Crippen LogP contribution is -2.44. The second kappa shape index (κ2) is 4.20. The molecule has 0 radical (unpaired) electrons. The van der Waals surface area contributed by atoms with Crippen molar-refractivity contribution in [3.8, 4) is 0 Å². The van der Waals surface area contributed by atoms with E-state index in [1.807, 2.05) is 0 Å². The highest BCUT2D eigenvalue weighted by molar-refractivity contribution is 7.80. The lowest BCUT2D eigenvalue weighted by Gasteiger charge is -2.25. The molecule has 16 heavy (non-hydrogen) atoms. The van der Waals surface area contributed by atoms with Crippen molar-refractivity contribution in [3.63, 3.8) is 0 Å². The SMILES string of the molecule is FC(F)C(F)(F)C(F)(F)c1ccc(S)cc1. The third-order valence-electron chi connectivity index (χ3n) is 1.92. The number of thiol groups is 1. The Labute approximate surface area is 92.7 Å². The summed E-state index contributed by atoms with van der Waals surface area (Å²) in [5, 5.41) is 0. The fourth-order valence-electron chi connectivity index (χ4n) is 1.00. The molecule has 90 valence electrons. The van der Waals surface area contributed by atoms with E-state index in [9.17, 15) is 26.3 Å². The van der Waals surface area contributed by atoms with Crippen LogP contribution in [0, 0.1) is 0 Å². The first-order valence-electron chi connectivity index (χ1n) is 4.03. The molecule has 0 bridgehead atoms. The summed E-state index contributed by atoms with van der Waals surface area (Å²) < 4.78 is 75.0. The highest BCUT2D eigenvalue weighted by atomic mass is 32.1. The first kappa shape index (κ1) is 13.2. The van der Waals surface area contributed by atoms with Gasteiger partial charge in [0.1, 0.15) is 0 Å². The second-order valence-electron chi connectivity index (χ2n) is 3.04. The Morgan fingerprint density at radius 2 is 1.38 bits per heavy atom. The molecular weight excluding hydrogens is 254 g/mol. The molecule has 0 aromatic heterocycles. The molecule has 0 nitrogen and oxygen atoms in total. The van der Waals surface area contributed by atoms with Gasteiger partial charge in [-0.15, -0.1) is 12.6 Å². The average molecular weight is 260 g/mol. The Balaban J connectivity index is 3.15. The van der Waals surface area contributed by atoms with E-state index in [1.54, 1.807) is 0 Å². The summed E-state index contributed by atoms with van der Waals surface area (Å²) in [4.78, 5) is 0.264. The normalized spacial score (nSPS) is 13.2. The number of alkyl halides is 6. The molecule has 0 aliphatic heterocycles. The minimum atomic E-state index is -5.40. The molecule has 0 aliphatic carbocycles. The average Bonchev–Trinajstić information content (AvgIpc) is 2.17. The summed E-state index contributed by atoms with van der Waals surface area (Å²) in [5.74, 6) is -10.3. The van der Waals surface area contributed by atoms with Crippen LogP contribution in [0.4, 0.5) is 26.3 Å². The summed E-state index contributed by atoms with van der Waals surface area (Å²) in [6, 6.07) is 3.32. The third kappa shape index (κ3) is 2.14. The van der Waals surface area contributed by atoms with Crippen LogP contribution in [0.3, 0.4) is 0 Å². The van der Waals surface area contributed by atoms with Crippen LogP contribution < -0.4 is 0 Å². The van der Waals surface area contributed by atoms with Crippen LogP contribution in [0.2, 0.25) is 0 Å². The molecule has 1 aromatic carbocycles. The molecule has 0 unspecified atom stereocenters. The van der Waals surface area contributed by atoms with Crippen LogP contribution >= 0.6 is 12.6 Å². The van der Waals surface area contributed by atoms with Gasteiger partial charge >= 0.3 is 18.3 Å². The van der Waals surface area contributed by atoms with E-state index < -0.39 is 23.8 Å². The lowest BCUT2D eigenvalue weighted by molar-refractivity contribution is -0.270. The molecular formula is C9H6F6S. The molecule has 0 spiro atoms. The Morgan fingerprint density at radius 3 is 1.75 bits per heavy atom. The molecule has 0 atom stereocenters. The largest absolute Gasteiger partial charge is 0.373 e. The predicted octanol–water partition coefficient (Wildman–Crippen LogP) is 3.97. The maximum absolute atomic E-state index is 13.1. The Morgan fingerprint density at radius 1 is 0.938 bits per heavy atom. The van der Waals surface area contributed by atoms with Crippen molar-refractivity contribution in [2.75, 3.05) is 0 Å². The first-order chi connectivity index (χ1) is 7.19. The van der Waals surface area contributed by atoms with Crippen molar-refractivity contribution in [2.45, 2.75) is 23.2 Å². The van der Waals surface area contributed by atoms with Crippen molar-refractivity contribution in [2.24, 2.45) is 0 Å². The summed E-state index contributed by atoms with van der Waals surface area (Å²) in [5.41, 5.74) is -1.17. The fraction of sp³-hybridized carbons (Fsp3) is 0.333. The van der Waals surface area contributed by atoms with Gasteiger partial charge in [-0.2, -0.15) is 17.6 Å². The van der Waals surface area contributed by atoms with Gasteiger partial charge in [0.15, 0.2) is 0 Å². The minimum absolute atomic E-state index is 0.264. The zero-order valence-electron chi connectivity index (χ0n) is 7.60. The van der Waals surface area contributed by atoms with Crippen LogP contribution in [0.15, 0.2) is 29.2 Å². The van der Waals surface area contributed by atoms with Gasteiger partial charge in [0.2, 0.25) is 0 Å². The second-order valence-corrected chi connectivity index (χ2v) is 3.56. The Kier molecular flexibility index (Phi) is 3.47. The van der Waals surface area contributed by atoms with Crippen LogP contribution in [0.1, 0.15) is 5.56 Å². The molecule has 0 N–H and O–H groups in total. The third-order valence-corrected chi connectivity index (χ3v) is 2.22. The zero-order chi connectivity index (χ0) is 12.6. The summed E-state index contributed by atoms with van der Waals surface area (Å²) >= 11 is 3.76. The molecule has 0 amide bonds. The molecule has 0 fully saturated rings. The van der Waals surface area contributed by atoms with Crippen LogP contribution in [-0.2, 0) is 5.92 Å². The van der Waals surface area contributed by atoms with E-state index >= 15 is 0 Å². The molecule has 0 saturated carbocycles. The maximum atomic E-state index is 13.1. The van der Waals surface area contributed by atoms with E-state index in [1.165, 1.54) is 0 Å². The fourth-order valence-corrected chi connectivity index (χ4v) is 1.15. The minimum Gasteiger partial charge on any atom is -0.203 e. The Bertz CT molecular complexity index is 359. The topological polar surface area (TPSA) is 0 Å². The molecule has 1 aromatic rings. The summed E-state index contributed by atoms with van der Waals surface area (Å²) in [6.07, 6.45) is -4.43. The van der Waals surface area contributed by atoms with E-state index in [4.69, 9.17) is 0 Å². The van der Waals surface area contributed by atoms with Crippen molar-refractivity contribution in [1.29, 1.82) is 0 Å². The molecule has 1 rings (SSSR count). The molecule has 0 heterocycles. The summed E-state index contributed by atoms with van der Waals surface area (Å²) in [6.45, 7) is 0. The van der Waals surface area contributed by atoms with Gasteiger partial charge in [-0.25, -0.2) is 8.78 Å². The van der Waals surface area contributed by atoms with Gasteiger partial charge in [0.05, 0.1) is 0 Å². The van der Waals surface area contributed by atoms with E-state index in [-0.39, 0.29) is 4.90 Å². The number of halogens is 6. The first-order valence-corrected chi connectivity index (χ1v) is 4.47. The van der Waals surface area contributed by atoms with Crippen LogP contribution in [0.25, 0.3) is 0 Å². The zero-order valence-corrected chi connectivity index (χ0v) is 8.50. The monoisotopic (exact) mass is 260 g/mol. The number of rotatable bonds is 3. The van der Waals surface area contributed by atoms with Crippen molar-refractivity contribution in [1.82, 2.24) is 0 Å². The molecule has 7 heteroatoms. The molecule has 0 saturated heterocycles.